The molecule has 0 bridgehead atoms. The van der Waals surface area contributed by atoms with Gasteiger partial charge in [-0.25, -0.2) is 0 Å². The first kappa shape index (κ1) is 13.7. The minimum absolute atomic E-state index is 0.448. The zero-order valence-corrected chi connectivity index (χ0v) is 11.9. The Hall–Kier alpha value is -0.340. The van der Waals surface area contributed by atoms with Crippen LogP contribution in [0.3, 0.4) is 0 Å². The van der Waals surface area contributed by atoms with Crippen LogP contribution in [-0.4, -0.2) is 12.6 Å². The van der Waals surface area contributed by atoms with Crippen LogP contribution in [0.2, 0.25) is 0 Å². The van der Waals surface area contributed by atoms with E-state index in [9.17, 15) is 0 Å². The molecule has 0 aliphatic rings. The monoisotopic (exact) mass is 239 g/mol. The van der Waals surface area contributed by atoms with Crippen molar-refractivity contribution in [1.82, 2.24) is 5.32 Å². The van der Waals surface area contributed by atoms with Crippen molar-refractivity contribution in [2.45, 2.75) is 53.0 Å². The molecule has 2 heteroatoms. The van der Waals surface area contributed by atoms with Crippen molar-refractivity contribution in [3.8, 4) is 0 Å². The lowest BCUT2D eigenvalue weighted by Gasteiger charge is -2.23. The van der Waals surface area contributed by atoms with Gasteiger partial charge in [-0.2, -0.15) is 0 Å². The summed E-state index contributed by atoms with van der Waals surface area (Å²) >= 11 is 1.87. The standard InChI is InChI=1S/C14H25NS/c1-5-15-12(8-9-14(2,3)4)11-13-7-6-10-16-13/h6-7,10,12,15H,5,8-9,11H2,1-4H3. The second-order valence-corrected chi connectivity index (χ2v) is 6.67. The van der Waals surface area contributed by atoms with E-state index >= 15 is 0 Å². The van der Waals surface area contributed by atoms with E-state index in [2.05, 4.69) is 50.5 Å². The van der Waals surface area contributed by atoms with Crippen LogP contribution in [0.5, 0.6) is 0 Å². The van der Waals surface area contributed by atoms with Gasteiger partial charge >= 0.3 is 0 Å². The largest absolute Gasteiger partial charge is 0.314 e. The van der Waals surface area contributed by atoms with Gasteiger partial charge in [-0.15, -0.1) is 11.3 Å². The van der Waals surface area contributed by atoms with Crippen molar-refractivity contribution in [3.05, 3.63) is 22.4 Å². The van der Waals surface area contributed by atoms with Crippen LogP contribution < -0.4 is 5.32 Å². The van der Waals surface area contributed by atoms with Crippen molar-refractivity contribution in [2.75, 3.05) is 6.54 Å². The molecule has 1 aromatic rings. The smallest absolute Gasteiger partial charge is 0.0115 e. The highest BCUT2D eigenvalue weighted by molar-refractivity contribution is 7.09. The molecule has 1 atom stereocenters. The molecule has 1 N–H and O–H groups in total. The number of hydrogen-bond acceptors (Lipinski definition) is 2. The second-order valence-electron chi connectivity index (χ2n) is 5.64. The lowest BCUT2D eigenvalue weighted by molar-refractivity contribution is 0.331. The Labute approximate surface area is 104 Å². The molecule has 0 aromatic carbocycles. The van der Waals surface area contributed by atoms with E-state index in [1.165, 1.54) is 24.1 Å². The third-order valence-corrected chi connectivity index (χ3v) is 3.66. The Morgan fingerprint density at radius 1 is 1.38 bits per heavy atom. The maximum absolute atomic E-state index is 3.60. The Bertz CT molecular complexity index is 271. The fourth-order valence-electron chi connectivity index (χ4n) is 1.84. The van der Waals surface area contributed by atoms with Crippen LogP contribution in [0, 0.1) is 5.41 Å². The Morgan fingerprint density at radius 3 is 2.62 bits per heavy atom. The lowest BCUT2D eigenvalue weighted by Crippen LogP contribution is -2.31. The number of rotatable bonds is 6. The first-order valence-corrected chi connectivity index (χ1v) is 7.15. The molecule has 92 valence electrons. The Kier molecular flexibility index (Phi) is 5.50. The van der Waals surface area contributed by atoms with E-state index in [1.807, 2.05) is 11.3 Å². The van der Waals surface area contributed by atoms with E-state index in [0.29, 0.717) is 11.5 Å². The van der Waals surface area contributed by atoms with E-state index in [4.69, 9.17) is 0 Å². The highest BCUT2D eigenvalue weighted by atomic mass is 32.1. The summed E-state index contributed by atoms with van der Waals surface area (Å²) in [6.45, 7) is 10.2. The third-order valence-electron chi connectivity index (χ3n) is 2.76. The minimum atomic E-state index is 0.448. The Balaban J connectivity index is 2.41. The fraction of sp³-hybridized carbons (Fsp3) is 0.714. The van der Waals surface area contributed by atoms with Crippen LogP contribution in [0.15, 0.2) is 17.5 Å². The number of thiophene rings is 1. The molecule has 0 aliphatic heterocycles. The van der Waals surface area contributed by atoms with Gasteiger partial charge in [0, 0.05) is 10.9 Å². The van der Waals surface area contributed by atoms with Crippen LogP contribution in [0.4, 0.5) is 0 Å². The molecule has 1 unspecified atom stereocenters. The molecule has 1 aromatic heterocycles. The van der Waals surface area contributed by atoms with Crippen molar-refractivity contribution >= 4 is 11.3 Å². The Morgan fingerprint density at radius 2 is 2.12 bits per heavy atom. The summed E-state index contributed by atoms with van der Waals surface area (Å²) in [6.07, 6.45) is 3.74. The average Bonchev–Trinajstić information content (AvgIpc) is 2.66. The maximum Gasteiger partial charge on any atom is 0.0115 e. The van der Waals surface area contributed by atoms with Gasteiger partial charge in [-0.05, 0) is 42.7 Å². The minimum Gasteiger partial charge on any atom is -0.314 e. The van der Waals surface area contributed by atoms with Gasteiger partial charge in [0.25, 0.3) is 0 Å². The third kappa shape index (κ3) is 5.66. The van der Waals surface area contributed by atoms with Crippen LogP contribution in [0.25, 0.3) is 0 Å². The first-order valence-electron chi connectivity index (χ1n) is 6.27. The van der Waals surface area contributed by atoms with Crippen molar-refractivity contribution in [1.29, 1.82) is 0 Å². The highest BCUT2D eigenvalue weighted by Gasteiger charge is 2.15. The summed E-state index contributed by atoms with van der Waals surface area (Å²) < 4.78 is 0. The number of hydrogen-bond donors (Lipinski definition) is 1. The summed E-state index contributed by atoms with van der Waals surface area (Å²) in [5.41, 5.74) is 0.448. The topological polar surface area (TPSA) is 12.0 Å². The first-order chi connectivity index (χ1) is 7.51. The zero-order valence-electron chi connectivity index (χ0n) is 11.0. The maximum atomic E-state index is 3.60. The van der Waals surface area contributed by atoms with Gasteiger partial charge < -0.3 is 5.32 Å². The van der Waals surface area contributed by atoms with Gasteiger partial charge in [0.15, 0.2) is 0 Å². The van der Waals surface area contributed by atoms with Crippen molar-refractivity contribution < 1.29 is 0 Å². The summed E-state index contributed by atoms with van der Waals surface area (Å²) in [4.78, 5) is 1.50. The van der Waals surface area contributed by atoms with E-state index in [0.717, 1.165) is 6.54 Å². The van der Waals surface area contributed by atoms with Gasteiger partial charge in [-0.3, -0.25) is 0 Å². The fourth-order valence-corrected chi connectivity index (χ4v) is 2.63. The molecular weight excluding hydrogens is 214 g/mol. The van der Waals surface area contributed by atoms with E-state index in [1.54, 1.807) is 0 Å². The van der Waals surface area contributed by atoms with Crippen molar-refractivity contribution in [3.63, 3.8) is 0 Å². The summed E-state index contributed by atoms with van der Waals surface area (Å²) in [5.74, 6) is 0. The average molecular weight is 239 g/mol. The summed E-state index contributed by atoms with van der Waals surface area (Å²) in [7, 11) is 0. The van der Waals surface area contributed by atoms with Crippen LogP contribution >= 0.6 is 11.3 Å². The molecular formula is C14H25NS. The zero-order chi connectivity index (χ0) is 12.0. The van der Waals surface area contributed by atoms with Gasteiger partial charge in [0.2, 0.25) is 0 Å². The van der Waals surface area contributed by atoms with Gasteiger partial charge in [0.1, 0.15) is 0 Å². The highest BCUT2D eigenvalue weighted by Crippen LogP contribution is 2.23. The molecule has 16 heavy (non-hydrogen) atoms. The molecule has 0 spiro atoms. The molecule has 0 radical (unpaired) electrons. The van der Waals surface area contributed by atoms with E-state index in [-0.39, 0.29) is 0 Å². The van der Waals surface area contributed by atoms with Gasteiger partial charge in [-0.1, -0.05) is 33.8 Å². The molecule has 0 saturated heterocycles. The SMILES string of the molecule is CCNC(CCC(C)(C)C)Cc1cccs1. The van der Waals surface area contributed by atoms with Crippen LogP contribution in [-0.2, 0) is 6.42 Å². The normalized spacial score (nSPS) is 14.0. The van der Waals surface area contributed by atoms with Crippen LogP contribution in [0.1, 0.15) is 45.4 Å². The number of nitrogens with one attached hydrogen (secondary N) is 1. The molecule has 1 nitrogen and oxygen atoms in total. The predicted molar refractivity (Wildman–Crippen MR) is 74.2 cm³/mol. The second kappa shape index (κ2) is 6.41. The van der Waals surface area contributed by atoms with Gasteiger partial charge in [0.05, 0.1) is 0 Å². The number of likely N-dealkylation sites (N-methyl/N-ethyl adjacent to an activating group) is 1. The lowest BCUT2D eigenvalue weighted by atomic mass is 9.88. The molecule has 0 fully saturated rings. The quantitative estimate of drug-likeness (QED) is 0.788. The summed E-state index contributed by atoms with van der Waals surface area (Å²) in [5, 5.41) is 5.77. The molecule has 1 heterocycles. The predicted octanol–water partition coefficient (Wildman–Crippen LogP) is 4.10. The van der Waals surface area contributed by atoms with E-state index < -0.39 is 0 Å². The molecule has 1 rings (SSSR count). The van der Waals surface area contributed by atoms with Crippen molar-refractivity contribution in [2.24, 2.45) is 5.41 Å². The summed E-state index contributed by atoms with van der Waals surface area (Å²) in [6, 6.07) is 5.03. The molecule has 0 amide bonds. The molecule has 0 aliphatic carbocycles. The molecule has 0 saturated carbocycles.